The lowest BCUT2D eigenvalue weighted by molar-refractivity contribution is 0.925. The summed E-state index contributed by atoms with van der Waals surface area (Å²) >= 11 is 0. The summed E-state index contributed by atoms with van der Waals surface area (Å²) in [6, 6.07) is 7.58. The van der Waals surface area contributed by atoms with Crippen LogP contribution in [-0.2, 0) is 7.05 Å². The topological polar surface area (TPSA) is 68.8 Å². The van der Waals surface area contributed by atoms with Gasteiger partial charge >= 0.3 is 0 Å². The standard InChI is InChI=1S/C10H13N5/c1-12-10-14-13-9(15(10)2)7-4-3-5-8(11)6-7/h3-6H,11H2,1-2H3,(H,12,14). The van der Waals surface area contributed by atoms with Gasteiger partial charge in [0.15, 0.2) is 5.82 Å². The minimum atomic E-state index is 0.724. The van der Waals surface area contributed by atoms with Gasteiger partial charge in [-0.2, -0.15) is 0 Å². The average Bonchev–Trinajstić information content (AvgIpc) is 2.59. The van der Waals surface area contributed by atoms with E-state index in [-0.39, 0.29) is 0 Å². The third-order valence-corrected chi connectivity index (χ3v) is 2.24. The van der Waals surface area contributed by atoms with E-state index in [9.17, 15) is 0 Å². The fraction of sp³-hybridized carbons (Fsp3) is 0.200. The van der Waals surface area contributed by atoms with Crippen molar-refractivity contribution in [3.05, 3.63) is 24.3 Å². The number of hydrogen-bond donors (Lipinski definition) is 2. The molecule has 0 bridgehead atoms. The molecule has 0 fully saturated rings. The van der Waals surface area contributed by atoms with Crippen molar-refractivity contribution < 1.29 is 0 Å². The Hall–Kier alpha value is -2.04. The molecule has 0 saturated carbocycles. The molecule has 0 spiro atoms. The molecule has 2 aromatic rings. The Balaban J connectivity index is 2.49. The highest BCUT2D eigenvalue weighted by molar-refractivity contribution is 5.62. The summed E-state index contributed by atoms with van der Waals surface area (Å²) in [5, 5.41) is 11.1. The molecular weight excluding hydrogens is 190 g/mol. The van der Waals surface area contributed by atoms with Crippen LogP contribution >= 0.6 is 0 Å². The molecule has 0 unspecified atom stereocenters. The molecule has 0 atom stereocenters. The zero-order valence-corrected chi connectivity index (χ0v) is 8.73. The van der Waals surface area contributed by atoms with Crippen LogP contribution in [0.25, 0.3) is 11.4 Å². The predicted octanol–water partition coefficient (Wildman–Crippen LogP) is 1.11. The number of nitrogens with one attached hydrogen (secondary N) is 1. The van der Waals surface area contributed by atoms with Crippen molar-refractivity contribution >= 4 is 11.6 Å². The Labute approximate surface area is 87.9 Å². The van der Waals surface area contributed by atoms with E-state index < -0.39 is 0 Å². The van der Waals surface area contributed by atoms with Gasteiger partial charge < -0.3 is 11.1 Å². The second-order valence-corrected chi connectivity index (χ2v) is 3.28. The van der Waals surface area contributed by atoms with Crippen molar-refractivity contribution in [1.82, 2.24) is 14.8 Å². The van der Waals surface area contributed by atoms with Crippen molar-refractivity contribution in [3.8, 4) is 11.4 Å². The van der Waals surface area contributed by atoms with E-state index in [1.165, 1.54) is 0 Å². The Morgan fingerprint density at radius 2 is 2.13 bits per heavy atom. The SMILES string of the molecule is CNc1nnc(-c2cccc(N)c2)n1C. The maximum absolute atomic E-state index is 5.71. The molecule has 0 aliphatic rings. The van der Waals surface area contributed by atoms with Crippen LogP contribution in [-0.4, -0.2) is 21.8 Å². The maximum atomic E-state index is 5.71. The molecule has 1 aromatic carbocycles. The number of nitrogen functional groups attached to an aromatic ring is 1. The summed E-state index contributed by atoms with van der Waals surface area (Å²) in [5.74, 6) is 1.53. The van der Waals surface area contributed by atoms with Gasteiger partial charge in [-0.05, 0) is 12.1 Å². The van der Waals surface area contributed by atoms with Crippen LogP contribution in [0.2, 0.25) is 0 Å². The van der Waals surface area contributed by atoms with Gasteiger partial charge in [0.05, 0.1) is 0 Å². The van der Waals surface area contributed by atoms with Crippen molar-refractivity contribution in [1.29, 1.82) is 0 Å². The zero-order valence-electron chi connectivity index (χ0n) is 8.73. The van der Waals surface area contributed by atoms with Crippen LogP contribution < -0.4 is 11.1 Å². The molecule has 0 radical (unpaired) electrons. The molecule has 5 nitrogen and oxygen atoms in total. The number of benzene rings is 1. The quantitative estimate of drug-likeness (QED) is 0.717. The van der Waals surface area contributed by atoms with Crippen LogP contribution in [0.5, 0.6) is 0 Å². The zero-order chi connectivity index (χ0) is 10.8. The van der Waals surface area contributed by atoms with Gasteiger partial charge in [-0.15, -0.1) is 10.2 Å². The fourth-order valence-electron chi connectivity index (χ4n) is 1.48. The number of nitrogens with two attached hydrogens (primary N) is 1. The second-order valence-electron chi connectivity index (χ2n) is 3.28. The van der Waals surface area contributed by atoms with E-state index in [1.54, 1.807) is 0 Å². The number of aromatic nitrogens is 3. The van der Waals surface area contributed by atoms with Crippen LogP contribution in [0.3, 0.4) is 0 Å². The molecule has 0 aliphatic heterocycles. The van der Waals surface area contributed by atoms with E-state index in [1.807, 2.05) is 42.9 Å². The summed E-state index contributed by atoms with van der Waals surface area (Å²) in [5.41, 5.74) is 7.40. The Bertz CT molecular complexity index is 474. The highest BCUT2D eigenvalue weighted by Crippen LogP contribution is 2.20. The summed E-state index contributed by atoms with van der Waals surface area (Å²) in [7, 11) is 3.72. The van der Waals surface area contributed by atoms with Gasteiger partial charge in [0.25, 0.3) is 0 Å². The first-order chi connectivity index (χ1) is 7.22. The molecule has 5 heteroatoms. The predicted molar refractivity (Wildman–Crippen MR) is 60.4 cm³/mol. The molecule has 0 amide bonds. The van der Waals surface area contributed by atoms with Gasteiger partial charge in [-0.1, -0.05) is 12.1 Å². The highest BCUT2D eigenvalue weighted by atomic mass is 15.3. The molecule has 78 valence electrons. The molecule has 2 rings (SSSR count). The van der Waals surface area contributed by atoms with Crippen LogP contribution in [0, 0.1) is 0 Å². The third-order valence-electron chi connectivity index (χ3n) is 2.24. The first kappa shape index (κ1) is 9.51. The molecule has 1 aromatic heterocycles. The monoisotopic (exact) mass is 203 g/mol. The largest absolute Gasteiger partial charge is 0.399 e. The van der Waals surface area contributed by atoms with E-state index in [0.29, 0.717) is 0 Å². The molecule has 3 N–H and O–H groups in total. The van der Waals surface area contributed by atoms with Gasteiger partial charge in [0.1, 0.15) is 0 Å². The summed E-state index contributed by atoms with van der Waals surface area (Å²) in [4.78, 5) is 0. The Morgan fingerprint density at radius 3 is 2.73 bits per heavy atom. The van der Waals surface area contributed by atoms with E-state index in [4.69, 9.17) is 5.73 Å². The lowest BCUT2D eigenvalue weighted by Gasteiger charge is -2.03. The maximum Gasteiger partial charge on any atom is 0.224 e. The van der Waals surface area contributed by atoms with E-state index >= 15 is 0 Å². The van der Waals surface area contributed by atoms with Crippen LogP contribution in [0.1, 0.15) is 0 Å². The number of anilines is 2. The lowest BCUT2D eigenvalue weighted by Crippen LogP contribution is -1.99. The number of hydrogen-bond acceptors (Lipinski definition) is 4. The minimum Gasteiger partial charge on any atom is -0.399 e. The van der Waals surface area contributed by atoms with Gasteiger partial charge in [-0.25, -0.2) is 0 Å². The lowest BCUT2D eigenvalue weighted by atomic mass is 10.2. The third kappa shape index (κ3) is 1.63. The summed E-state index contributed by atoms with van der Waals surface area (Å²) in [6.45, 7) is 0. The number of nitrogens with zero attached hydrogens (tertiary/aromatic N) is 3. The molecule has 1 heterocycles. The number of rotatable bonds is 2. The van der Waals surface area contributed by atoms with Gasteiger partial charge in [0, 0.05) is 25.3 Å². The minimum absolute atomic E-state index is 0.724. The Morgan fingerprint density at radius 1 is 1.33 bits per heavy atom. The van der Waals surface area contributed by atoms with E-state index in [2.05, 4.69) is 15.5 Å². The van der Waals surface area contributed by atoms with Gasteiger partial charge in [-0.3, -0.25) is 4.57 Å². The average molecular weight is 203 g/mol. The second kappa shape index (κ2) is 3.61. The summed E-state index contributed by atoms with van der Waals surface area (Å²) in [6.07, 6.45) is 0. The van der Waals surface area contributed by atoms with Crippen LogP contribution in [0.4, 0.5) is 11.6 Å². The van der Waals surface area contributed by atoms with Gasteiger partial charge in [0.2, 0.25) is 5.95 Å². The van der Waals surface area contributed by atoms with Crippen LogP contribution in [0.15, 0.2) is 24.3 Å². The van der Waals surface area contributed by atoms with Crippen molar-refractivity contribution in [2.75, 3.05) is 18.1 Å². The first-order valence-corrected chi connectivity index (χ1v) is 4.65. The van der Waals surface area contributed by atoms with Crippen molar-refractivity contribution in [2.24, 2.45) is 7.05 Å². The summed E-state index contributed by atoms with van der Waals surface area (Å²) < 4.78 is 1.88. The first-order valence-electron chi connectivity index (χ1n) is 4.65. The molecular formula is C10H13N5. The normalized spacial score (nSPS) is 10.3. The van der Waals surface area contributed by atoms with E-state index in [0.717, 1.165) is 23.0 Å². The molecule has 0 aliphatic carbocycles. The molecule has 0 saturated heterocycles. The van der Waals surface area contributed by atoms with Crippen molar-refractivity contribution in [3.63, 3.8) is 0 Å². The Kier molecular flexibility index (Phi) is 2.29. The van der Waals surface area contributed by atoms with Crippen molar-refractivity contribution in [2.45, 2.75) is 0 Å². The fourth-order valence-corrected chi connectivity index (χ4v) is 1.48. The highest BCUT2D eigenvalue weighted by Gasteiger charge is 2.08. The molecule has 15 heavy (non-hydrogen) atoms. The smallest absolute Gasteiger partial charge is 0.224 e.